The minimum absolute atomic E-state index is 0.110. The molecule has 1 atom stereocenters. The van der Waals surface area contributed by atoms with E-state index in [0.717, 1.165) is 22.4 Å². The fourth-order valence-corrected chi connectivity index (χ4v) is 4.39. The first kappa shape index (κ1) is 17.2. The topological polar surface area (TPSA) is 95.0 Å². The number of nitrogens with zero attached hydrogens (tertiary/aromatic N) is 5. The summed E-state index contributed by atoms with van der Waals surface area (Å²) in [5.74, 6) is 0.525. The number of fused-ring (bicyclic) bond motifs is 3. The van der Waals surface area contributed by atoms with Crippen molar-refractivity contribution in [2.75, 3.05) is 6.54 Å². The lowest BCUT2D eigenvalue weighted by atomic mass is 10.0. The molecule has 9 heteroatoms. The van der Waals surface area contributed by atoms with Crippen molar-refractivity contribution in [3.05, 3.63) is 82.9 Å². The molecule has 0 spiro atoms. The zero-order chi connectivity index (χ0) is 20.2. The second-order valence-electron chi connectivity index (χ2n) is 7.26. The lowest BCUT2D eigenvalue weighted by molar-refractivity contribution is 0.0686. The van der Waals surface area contributed by atoms with Crippen LogP contribution < -0.4 is 0 Å². The Labute approximate surface area is 175 Å². The molecular weight excluding hydrogens is 402 g/mol. The molecule has 0 unspecified atom stereocenters. The molecule has 30 heavy (non-hydrogen) atoms. The molecular formula is C21H16ClN7O. The van der Waals surface area contributed by atoms with Gasteiger partial charge in [0.05, 0.1) is 39.8 Å². The number of hydrogen-bond donors (Lipinski definition) is 2. The maximum Gasteiger partial charge on any atom is 0.258 e. The highest BCUT2D eigenvalue weighted by atomic mass is 35.5. The van der Waals surface area contributed by atoms with E-state index in [0.29, 0.717) is 34.9 Å². The predicted octanol–water partition coefficient (Wildman–Crippen LogP) is 3.38. The van der Waals surface area contributed by atoms with Gasteiger partial charge in [0, 0.05) is 24.9 Å². The van der Waals surface area contributed by atoms with E-state index in [1.165, 1.54) is 0 Å². The highest BCUT2D eigenvalue weighted by Gasteiger charge is 2.37. The van der Waals surface area contributed by atoms with Crippen molar-refractivity contribution >= 4 is 34.1 Å². The number of aromatic amines is 2. The number of amides is 1. The van der Waals surface area contributed by atoms with Crippen LogP contribution in [0.25, 0.3) is 16.6 Å². The van der Waals surface area contributed by atoms with Gasteiger partial charge in [-0.3, -0.25) is 4.79 Å². The van der Waals surface area contributed by atoms with Crippen molar-refractivity contribution in [2.24, 2.45) is 0 Å². The third kappa shape index (κ3) is 2.47. The number of benzene rings is 1. The number of rotatable bonds is 2. The Morgan fingerprint density at radius 1 is 1.20 bits per heavy atom. The molecule has 5 aromatic rings. The van der Waals surface area contributed by atoms with Gasteiger partial charge in [-0.25, -0.2) is 14.5 Å². The molecule has 4 aromatic heterocycles. The third-order valence-corrected chi connectivity index (χ3v) is 5.89. The van der Waals surface area contributed by atoms with Gasteiger partial charge in [0.2, 0.25) is 0 Å². The number of hydrogen-bond acceptors (Lipinski definition) is 4. The maximum absolute atomic E-state index is 13.6. The summed E-state index contributed by atoms with van der Waals surface area (Å²) in [4.78, 5) is 31.2. The molecule has 1 aliphatic heterocycles. The van der Waals surface area contributed by atoms with Gasteiger partial charge >= 0.3 is 0 Å². The number of carbonyl (C=O) groups is 1. The predicted molar refractivity (Wildman–Crippen MR) is 111 cm³/mol. The fourth-order valence-electron chi connectivity index (χ4n) is 4.17. The Balaban J connectivity index is 1.50. The van der Waals surface area contributed by atoms with Gasteiger partial charge in [-0.15, -0.1) is 0 Å². The van der Waals surface area contributed by atoms with Crippen LogP contribution in [0.2, 0.25) is 5.02 Å². The lowest BCUT2D eigenvalue weighted by Crippen LogP contribution is -2.41. The van der Waals surface area contributed by atoms with Crippen LogP contribution in [0.1, 0.15) is 33.6 Å². The lowest BCUT2D eigenvalue weighted by Gasteiger charge is -2.33. The van der Waals surface area contributed by atoms with Crippen LogP contribution in [0.3, 0.4) is 0 Å². The van der Waals surface area contributed by atoms with Gasteiger partial charge in [-0.2, -0.15) is 5.10 Å². The molecule has 1 aliphatic rings. The average molecular weight is 418 g/mol. The number of pyridine rings is 1. The first-order valence-electron chi connectivity index (χ1n) is 9.60. The summed E-state index contributed by atoms with van der Waals surface area (Å²) >= 11 is 6.34. The smallest absolute Gasteiger partial charge is 0.258 e. The molecule has 148 valence electrons. The van der Waals surface area contributed by atoms with Crippen molar-refractivity contribution in [1.82, 2.24) is 34.4 Å². The summed E-state index contributed by atoms with van der Waals surface area (Å²) in [5, 5.41) is 4.88. The van der Waals surface area contributed by atoms with Crippen LogP contribution in [0.5, 0.6) is 0 Å². The minimum Gasteiger partial charge on any atom is -0.348 e. The Hall–Kier alpha value is -3.65. The van der Waals surface area contributed by atoms with E-state index in [1.54, 1.807) is 28.0 Å². The Kier molecular flexibility index (Phi) is 3.69. The third-order valence-electron chi connectivity index (χ3n) is 5.58. The number of aromatic nitrogens is 6. The van der Waals surface area contributed by atoms with E-state index in [2.05, 4.69) is 20.1 Å². The highest BCUT2D eigenvalue weighted by Crippen LogP contribution is 2.35. The van der Waals surface area contributed by atoms with Crippen molar-refractivity contribution < 1.29 is 4.79 Å². The molecule has 5 heterocycles. The summed E-state index contributed by atoms with van der Waals surface area (Å²) in [6.07, 6.45) is 5.80. The molecule has 8 nitrogen and oxygen atoms in total. The second kappa shape index (κ2) is 6.43. The van der Waals surface area contributed by atoms with Gasteiger partial charge < -0.3 is 14.9 Å². The Morgan fingerprint density at radius 3 is 3.03 bits per heavy atom. The summed E-state index contributed by atoms with van der Waals surface area (Å²) in [5.41, 5.74) is 4.62. The molecule has 2 N–H and O–H groups in total. The zero-order valence-corrected chi connectivity index (χ0v) is 16.5. The molecule has 1 aromatic carbocycles. The van der Waals surface area contributed by atoms with Crippen molar-refractivity contribution in [1.29, 1.82) is 0 Å². The van der Waals surface area contributed by atoms with Crippen molar-refractivity contribution in [3.63, 3.8) is 0 Å². The van der Waals surface area contributed by atoms with Gasteiger partial charge in [0.1, 0.15) is 17.4 Å². The molecule has 0 saturated carbocycles. The van der Waals surface area contributed by atoms with Crippen LogP contribution in [-0.2, 0) is 6.42 Å². The fraction of sp³-hybridized carbons (Fsp3) is 0.143. The van der Waals surface area contributed by atoms with E-state index in [9.17, 15) is 4.79 Å². The zero-order valence-electron chi connectivity index (χ0n) is 15.7. The van der Waals surface area contributed by atoms with E-state index in [-0.39, 0.29) is 5.91 Å². The largest absolute Gasteiger partial charge is 0.348 e. The number of para-hydroxylation sites is 1. The van der Waals surface area contributed by atoms with E-state index in [1.807, 2.05) is 36.5 Å². The minimum atomic E-state index is -0.449. The standard InChI is InChI=1S/C21H16ClN7O/c22-13-4-3-5-15-17(13)27-20(26-15)19-18-14(23-11-24-18)7-9-28(19)21(30)12-10-25-29-8-2-1-6-16(12)29/h1-6,8,10-11,19H,7,9H2,(H,23,24)(H,26,27)/t19-/m0/s1. The van der Waals surface area contributed by atoms with Crippen LogP contribution in [0.4, 0.5) is 0 Å². The summed E-state index contributed by atoms with van der Waals surface area (Å²) in [7, 11) is 0. The van der Waals surface area contributed by atoms with E-state index in [4.69, 9.17) is 16.6 Å². The van der Waals surface area contributed by atoms with Gasteiger partial charge in [-0.1, -0.05) is 23.7 Å². The number of imidazole rings is 2. The Bertz CT molecular complexity index is 1420. The molecule has 6 rings (SSSR count). The molecule has 1 amide bonds. The van der Waals surface area contributed by atoms with Crippen LogP contribution in [0, 0.1) is 0 Å². The van der Waals surface area contributed by atoms with Crippen molar-refractivity contribution in [2.45, 2.75) is 12.5 Å². The van der Waals surface area contributed by atoms with Crippen LogP contribution in [-0.4, -0.2) is 46.9 Å². The monoisotopic (exact) mass is 417 g/mol. The summed E-state index contributed by atoms with van der Waals surface area (Å²) in [6, 6.07) is 10.8. The van der Waals surface area contributed by atoms with Gasteiger partial charge in [0.25, 0.3) is 5.91 Å². The summed E-state index contributed by atoms with van der Waals surface area (Å²) in [6.45, 7) is 0.535. The number of carbonyl (C=O) groups excluding carboxylic acids is 1. The number of halogens is 1. The molecule has 0 fully saturated rings. The molecule has 0 aliphatic carbocycles. The number of H-pyrrole nitrogens is 2. The maximum atomic E-state index is 13.6. The van der Waals surface area contributed by atoms with Crippen LogP contribution >= 0.6 is 11.6 Å². The molecule has 0 saturated heterocycles. The highest BCUT2D eigenvalue weighted by molar-refractivity contribution is 6.34. The van der Waals surface area contributed by atoms with Gasteiger partial charge in [0.15, 0.2) is 0 Å². The molecule has 0 radical (unpaired) electrons. The molecule has 0 bridgehead atoms. The van der Waals surface area contributed by atoms with Crippen molar-refractivity contribution in [3.8, 4) is 0 Å². The second-order valence-corrected chi connectivity index (χ2v) is 7.67. The van der Waals surface area contributed by atoms with E-state index >= 15 is 0 Å². The van der Waals surface area contributed by atoms with Gasteiger partial charge in [-0.05, 0) is 24.3 Å². The Morgan fingerprint density at radius 2 is 2.13 bits per heavy atom. The SMILES string of the molecule is O=C(c1cnn2ccccc12)N1CCc2[nH]cnc2[C@H]1c1nc2c(Cl)cccc2[nH]1. The quantitative estimate of drug-likeness (QED) is 0.460. The number of nitrogens with one attached hydrogen (secondary N) is 2. The first-order chi connectivity index (χ1) is 14.7. The van der Waals surface area contributed by atoms with E-state index < -0.39 is 6.04 Å². The summed E-state index contributed by atoms with van der Waals surface area (Å²) < 4.78 is 1.70. The first-order valence-corrected chi connectivity index (χ1v) is 9.98. The normalized spacial score (nSPS) is 16.3. The van der Waals surface area contributed by atoms with Crippen LogP contribution in [0.15, 0.2) is 55.1 Å². The average Bonchev–Trinajstić information content (AvgIpc) is 3.50.